The molecule has 3 rings (SSSR count). The fourth-order valence-electron chi connectivity index (χ4n) is 6.96. The first-order valence-corrected chi connectivity index (χ1v) is 12.8. The Kier molecular flexibility index (Phi) is 8.25. The summed E-state index contributed by atoms with van der Waals surface area (Å²) in [7, 11) is 0. The van der Waals surface area contributed by atoms with Gasteiger partial charge in [0.05, 0.1) is 24.8 Å². The summed E-state index contributed by atoms with van der Waals surface area (Å²) in [5, 5.41) is 19.4. The van der Waals surface area contributed by atoms with E-state index in [9.17, 15) is 19.8 Å². The van der Waals surface area contributed by atoms with Crippen LogP contribution in [-0.4, -0.2) is 80.6 Å². The minimum atomic E-state index is -0.900. The van der Waals surface area contributed by atoms with Crippen LogP contribution >= 0.6 is 0 Å². The highest BCUT2D eigenvalue weighted by atomic mass is 16.5. The van der Waals surface area contributed by atoms with Crippen LogP contribution in [0.5, 0.6) is 11.8 Å². The number of amides is 2. The van der Waals surface area contributed by atoms with Gasteiger partial charge in [-0.05, 0) is 36.5 Å². The fraction of sp³-hybridized carbons (Fsp3) is 0.769. The first-order chi connectivity index (χ1) is 16.8. The van der Waals surface area contributed by atoms with E-state index in [-0.39, 0.29) is 22.7 Å². The lowest BCUT2D eigenvalue weighted by atomic mass is 9.52. The molecule has 2 atom stereocenters. The average Bonchev–Trinajstić information content (AvgIpc) is 2.80. The predicted octanol–water partition coefficient (Wildman–Crippen LogP) is 4.85. The minimum Gasteiger partial charge on any atom is -0.477 e. The van der Waals surface area contributed by atoms with Gasteiger partial charge in [-0.1, -0.05) is 41.5 Å². The number of ether oxygens (including phenoxy) is 2. The summed E-state index contributed by atoms with van der Waals surface area (Å²) >= 11 is 0. The van der Waals surface area contributed by atoms with Crippen molar-refractivity contribution in [3.63, 3.8) is 0 Å². The maximum absolute atomic E-state index is 12.4. The molecule has 1 aromatic heterocycles. The smallest absolute Gasteiger partial charge is 0.407 e. The summed E-state index contributed by atoms with van der Waals surface area (Å²) in [4.78, 5) is 35.2. The fourth-order valence-corrected chi connectivity index (χ4v) is 6.96. The normalized spacial score (nSPS) is 22.7. The van der Waals surface area contributed by atoms with Crippen LogP contribution in [0, 0.1) is 22.7 Å². The van der Waals surface area contributed by atoms with Crippen LogP contribution in [-0.2, 0) is 0 Å². The van der Waals surface area contributed by atoms with Crippen LogP contribution < -0.4 is 9.47 Å². The molecule has 0 unspecified atom stereocenters. The highest BCUT2D eigenvalue weighted by Crippen LogP contribution is 2.56. The second-order valence-electron chi connectivity index (χ2n) is 12.1. The van der Waals surface area contributed by atoms with Gasteiger partial charge in [0, 0.05) is 31.5 Å². The topological polar surface area (TPSA) is 125 Å². The molecule has 0 spiro atoms. The molecule has 2 aliphatic heterocycles. The van der Waals surface area contributed by atoms with E-state index in [4.69, 9.17) is 9.47 Å². The van der Waals surface area contributed by atoms with Crippen molar-refractivity contribution in [2.45, 2.75) is 72.8 Å². The number of aromatic nitrogens is 2. The number of hydrogen-bond donors (Lipinski definition) is 2. The van der Waals surface area contributed by atoms with Gasteiger partial charge in [0.2, 0.25) is 11.8 Å². The first kappa shape index (κ1) is 27.8. The SMILES string of the molecule is CC(C)(C)C1(C(C)(C)C)[C@@H](COc2cc(OC[C@H]3CCCN(C(=O)O)C3)ncn2)CCCN1C(=O)O. The van der Waals surface area contributed by atoms with Gasteiger partial charge in [-0.25, -0.2) is 19.6 Å². The van der Waals surface area contributed by atoms with Crippen molar-refractivity contribution >= 4 is 12.2 Å². The van der Waals surface area contributed by atoms with Crippen molar-refractivity contribution in [3.8, 4) is 11.8 Å². The van der Waals surface area contributed by atoms with Gasteiger partial charge >= 0.3 is 12.2 Å². The molecule has 3 heterocycles. The summed E-state index contributed by atoms with van der Waals surface area (Å²) in [6.07, 6.45) is 2.95. The molecule has 2 amide bonds. The Balaban J connectivity index is 1.72. The van der Waals surface area contributed by atoms with E-state index in [1.807, 2.05) is 0 Å². The summed E-state index contributed by atoms with van der Waals surface area (Å²) in [6.45, 7) is 14.9. The number of hydrogen-bond acceptors (Lipinski definition) is 6. The van der Waals surface area contributed by atoms with Crippen LogP contribution in [0.1, 0.15) is 67.2 Å². The summed E-state index contributed by atoms with van der Waals surface area (Å²) in [5.41, 5.74) is -1.31. The van der Waals surface area contributed by atoms with Gasteiger partial charge < -0.3 is 29.5 Å². The van der Waals surface area contributed by atoms with Gasteiger partial charge in [-0.15, -0.1) is 0 Å². The quantitative estimate of drug-likeness (QED) is 0.561. The first-order valence-electron chi connectivity index (χ1n) is 12.8. The molecule has 36 heavy (non-hydrogen) atoms. The highest BCUT2D eigenvalue weighted by molar-refractivity contribution is 5.67. The molecule has 10 heteroatoms. The summed E-state index contributed by atoms with van der Waals surface area (Å²) in [6, 6.07) is 1.64. The van der Waals surface area contributed by atoms with Crippen molar-refractivity contribution in [2.75, 3.05) is 32.8 Å². The third-order valence-corrected chi connectivity index (χ3v) is 7.77. The lowest BCUT2D eigenvalue weighted by molar-refractivity contribution is -0.141. The molecule has 0 radical (unpaired) electrons. The van der Waals surface area contributed by atoms with Crippen LogP contribution in [0.15, 0.2) is 12.4 Å². The van der Waals surface area contributed by atoms with Crippen molar-refractivity contribution < 1.29 is 29.3 Å². The van der Waals surface area contributed by atoms with Gasteiger partial charge in [-0.2, -0.15) is 0 Å². The van der Waals surface area contributed by atoms with Gasteiger partial charge in [0.25, 0.3) is 0 Å². The Hall–Kier alpha value is -2.78. The van der Waals surface area contributed by atoms with E-state index in [1.54, 1.807) is 11.0 Å². The van der Waals surface area contributed by atoms with Crippen LogP contribution in [0.2, 0.25) is 0 Å². The number of rotatable bonds is 6. The molecular formula is C26H42N4O6. The highest BCUT2D eigenvalue weighted by Gasteiger charge is 2.61. The zero-order chi connectivity index (χ0) is 26.7. The zero-order valence-corrected chi connectivity index (χ0v) is 22.5. The largest absolute Gasteiger partial charge is 0.477 e. The molecule has 0 aliphatic carbocycles. The molecule has 1 aromatic rings. The number of likely N-dealkylation sites (tertiary alicyclic amines) is 2. The second kappa shape index (κ2) is 10.7. The molecule has 2 saturated heterocycles. The number of piperidine rings is 2. The van der Waals surface area contributed by atoms with Crippen molar-refractivity contribution in [2.24, 2.45) is 22.7 Å². The third-order valence-electron chi connectivity index (χ3n) is 7.77. The molecule has 0 aromatic carbocycles. The van der Waals surface area contributed by atoms with Crippen LogP contribution in [0.4, 0.5) is 9.59 Å². The molecule has 10 nitrogen and oxygen atoms in total. The molecule has 2 N–H and O–H groups in total. The summed E-state index contributed by atoms with van der Waals surface area (Å²) in [5.74, 6) is 0.824. The van der Waals surface area contributed by atoms with E-state index >= 15 is 0 Å². The number of carboxylic acid groups (broad SMARTS) is 2. The Morgan fingerprint density at radius 3 is 2.08 bits per heavy atom. The molecular weight excluding hydrogens is 464 g/mol. The summed E-state index contributed by atoms with van der Waals surface area (Å²) < 4.78 is 12.0. The zero-order valence-electron chi connectivity index (χ0n) is 22.5. The van der Waals surface area contributed by atoms with Crippen molar-refractivity contribution in [1.82, 2.24) is 19.8 Å². The predicted molar refractivity (Wildman–Crippen MR) is 134 cm³/mol. The van der Waals surface area contributed by atoms with Crippen LogP contribution in [0.3, 0.4) is 0 Å². The maximum Gasteiger partial charge on any atom is 0.407 e. The lowest BCUT2D eigenvalue weighted by Crippen LogP contribution is -2.72. The van der Waals surface area contributed by atoms with E-state index in [0.29, 0.717) is 44.6 Å². The maximum atomic E-state index is 12.4. The minimum absolute atomic E-state index is 0.0362. The second-order valence-corrected chi connectivity index (χ2v) is 12.1. The van der Waals surface area contributed by atoms with Gasteiger partial charge in [0.15, 0.2) is 0 Å². The van der Waals surface area contributed by atoms with E-state index < -0.39 is 17.7 Å². The van der Waals surface area contributed by atoms with E-state index in [0.717, 1.165) is 25.7 Å². The monoisotopic (exact) mass is 506 g/mol. The third kappa shape index (κ3) is 5.62. The lowest BCUT2D eigenvalue weighted by Gasteiger charge is -2.64. The Morgan fingerprint density at radius 1 is 0.944 bits per heavy atom. The standard InChI is InChI=1S/C26H42N4O6/c1-24(2,3)26(25(4,5)6)19(10-8-12-30(26)23(33)34)16-36-21-13-20(27-17-28-21)35-15-18-9-7-11-29(14-18)22(31)32/h13,17-19H,7-12,14-16H2,1-6H3,(H,31,32)(H,33,34)/t18-,19+/m0/s1. The Bertz CT molecular complexity index is 912. The van der Waals surface area contributed by atoms with E-state index in [1.165, 1.54) is 11.2 Å². The van der Waals surface area contributed by atoms with Crippen molar-refractivity contribution in [1.29, 1.82) is 0 Å². The average molecular weight is 507 g/mol. The van der Waals surface area contributed by atoms with E-state index in [2.05, 4.69) is 51.5 Å². The molecule has 0 bridgehead atoms. The molecule has 0 saturated carbocycles. The van der Waals surface area contributed by atoms with Crippen LogP contribution in [0.25, 0.3) is 0 Å². The molecule has 2 aliphatic rings. The van der Waals surface area contributed by atoms with Crippen molar-refractivity contribution in [3.05, 3.63) is 12.4 Å². The van der Waals surface area contributed by atoms with Gasteiger partial charge in [-0.3, -0.25) is 0 Å². The number of nitrogens with zero attached hydrogens (tertiary/aromatic N) is 4. The Labute approximate surface area is 214 Å². The molecule has 202 valence electrons. The van der Waals surface area contributed by atoms with Gasteiger partial charge in [0.1, 0.15) is 6.33 Å². The Morgan fingerprint density at radius 2 is 1.53 bits per heavy atom. The molecule has 2 fully saturated rings. The number of carbonyl (C=O) groups is 2.